The molecule has 0 amide bonds. The number of hydrogen-bond donors (Lipinski definition) is 2. The van der Waals surface area contributed by atoms with Crippen molar-refractivity contribution in [1.82, 2.24) is 0 Å². The van der Waals surface area contributed by atoms with E-state index in [0.717, 1.165) is 64.2 Å². The number of allylic oxidation sites excluding steroid dienone is 12. The molecule has 9 nitrogen and oxygen atoms in total. The molecule has 0 saturated carbocycles. The maximum Gasteiger partial charge on any atom is 0.472 e. The molecule has 0 saturated heterocycles. The first-order valence-electron chi connectivity index (χ1n) is 30.4. The van der Waals surface area contributed by atoms with Gasteiger partial charge in [0, 0.05) is 19.4 Å². The van der Waals surface area contributed by atoms with Crippen molar-refractivity contribution < 1.29 is 37.6 Å². The van der Waals surface area contributed by atoms with Gasteiger partial charge in [0.2, 0.25) is 0 Å². The van der Waals surface area contributed by atoms with Gasteiger partial charge in [0.1, 0.15) is 6.61 Å². The molecule has 2 atom stereocenters. The van der Waals surface area contributed by atoms with Crippen LogP contribution in [-0.4, -0.2) is 49.3 Å². The molecule has 3 N–H and O–H groups in total. The van der Waals surface area contributed by atoms with Crippen molar-refractivity contribution in [2.24, 2.45) is 5.73 Å². The Hall–Kier alpha value is -2.55. The lowest BCUT2D eigenvalue weighted by Gasteiger charge is -2.19. The van der Waals surface area contributed by atoms with E-state index in [2.05, 4.69) is 86.8 Å². The normalized spacial score (nSPS) is 13.5. The summed E-state index contributed by atoms with van der Waals surface area (Å²) in [5.41, 5.74) is 5.39. The molecular formula is C63H114NO8P. The minimum Gasteiger partial charge on any atom is -0.462 e. The Morgan fingerprint density at radius 3 is 1.05 bits per heavy atom. The summed E-state index contributed by atoms with van der Waals surface area (Å²) in [7, 11) is -4.39. The Labute approximate surface area is 450 Å². The quantitative estimate of drug-likeness (QED) is 0.0264. The summed E-state index contributed by atoms with van der Waals surface area (Å²) in [5.74, 6) is -0.829. The minimum atomic E-state index is -4.39. The molecule has 0 spiro atoms. The molecule has 2 unspecified atom stereocenters. The summed E-state index contributed by atoms with van der Waals surface area (Å²) in [6.07, 6.45) is 75.3. The molecule has 424 valence electrons. The zero-order valence-corrected chi connectivity index (χ0v) is 48.3. The van der Waals surface area contributed by atoms with Crippen LogP contribution in [0.25, 0.3) is 0 Å². The number of phosphoric acid groups is 1. The molecule has 0 rings (SSSR count). The van der Waals surface area contributed by atoms with Crippen molar-refractivity contribution in [3.05, 3.63) is 72.9 Å². The Balaban J connectivity index is 3.98. The third kappa shape index (κ3) is 58.6. The number of unbranched alkanes of at least 4 members (excludes halogenated alkanes) is 32. The lowest BCUT2D eigenvalue weighted by Crippen LogP contribution is -2.29. The van der Waals surface area contributed by atoms with Crippen molar-refractivity contribution >= 4 is 19.8 Å². The molecule has 73 heavy (non-hydrogen) atoms. The average Bonchev–Trinajstić information content (AvgIpc) is 3.38. The SMILES string of the molecule is CCCCCCC/C=C\C/C=C\C/C=C\CCCCCCCCCCCCCCC(=O)OC(COC(=O)CCCCCCCCCCCC/C=C\C/C=C\C/C=C\CCCCCCC)COP(=O)(O)OCCN. The smallest absolute Gasteiger partial charge is 0.462 e. The largest absolute Gasteiger partial charge is 0.472 e. The van der Waals surface area contributed by atoms with Crippen molar-refractivity contribution in [3.8, 4) is 0 Å². The third-order valence-corrected chi connectivity index (χ3v) is 14.0. The van der Waals surface area contributed by atoms with Crippen LogP contribution >= 0.6 is 7.82 Å². The Morgan fingerprint density at radius 1 is 0.411 bits per heavy atom. The highest BCUT2D eigenvalue weighted by Crippen LogP contribution is 2.43. The molecule has 10 heteroatoms. The molecule has 0 fully saturated rings. The zero-order chi connectivity index (χ0) is 53.1. The van der Waals surface area contributed by atoms with Crippen LogP contribution < -0.4 is 5.73 Å². The number of nitrogens with two attached hydrogens (primary N) is 1. The summed E-state index contributed by atoms with van der Waals surface area (Å²) >= 11 is 0. The number of carbonyl (C=O) groups is 2. The van der Waals surface area contributed by atoms with Gasteiger partial charge in [0.25, 0.3) is 0 Å². The summed E-state index contributed by atoms with van der Waals surface area (Å²) in [6.45, 7) is 3.74. The summed E-state index contributed by atoms with van der Waals surface area (Å²) < 4.78 is 33.1. The standard InChI is InChI=1S/C63H114NO8P/c1-3-5-7-9-11-13-15-17-19-21-23-25-27-29-30-32-34-36-38-40-42-44-46-48-50-52-54-56-63(66)72-61(60-71-73(67,68)70-58-57-64)59-69-62(65)55-53-51-49-47-45-43-41-39-37-35-33-31-28-26-24-22-20-18-16-14-12-10-8-6-4-2/h15-18,21-24,27-29,31,61H,3-14,19-20,25-26,30,32-60,64H2,1-2H3,(H,67,68)/b17-15-,18-16-,23-21-,24-22-,29-27-,31-28-. The Kier molecular flexibility index (Phi) is 56.7. The van der Waals surface area contributed by atoms with E-state index >= 15 is 0 Å². The molecule has 0 aliphatic carbocycles. The van der Waals surface area contributed by atoms with E-state index in [9.17, 15) is 19.0 Å². The van der Waals surface area contributed by atoms with Crippen LogP contribution in [0.4, 0.5) is 0 Å². The van der Waals surface area contributed by atoms with E-state index < -0.39 is 26.5 Å². The van der Waals surface area contributed by atoms with Crippen LogP contribution in [0.1, 0.15) is 284 Å². The number of esters is 2. The van der Waals surface area contributed by atoms with E-state index in [0.29, 0.717) is 6.42 Å². The predicted octanol–water partition coefficient (Wildman–Crippen LogP) is 19.3. The Morgan fingerprint density at radius 2 is 0.712 bits per heavy atom. The van der Waals surface area contributed by atoms with Gasteiger partial charge in [-0.3, -0.25) is 18.6 Å². The first-order valence-corrected chi connectivity index (χ1v) is 31.9. The molecule has 0 aromatic heterocycles. The van der Waals surface area contributed by atoms with Crippen molar-refractivity contribution in [1.29, 1.82) is 0 Å². The average molecular weight is 1040 g/mol. The van der Waals surface area contributed by atoms with Crippen molar-refractivity contribution in [2.75, 3.05) is 26.4 Å². The van der Waals surface area contributed by atoms with Gasteiger partial charge in [0.15, 0.2) is 6.10 Å². The number of hydrogen-bond acceptors (Lipinski definition) is 8. The molecule has 0 radical (unpaired) electrons. The fourth-order valence-electron chi connectivity index (χ4n) is 8.53. The van der Waals surface area contributed by atoms with Crippen LogP contribution in [0.15, 0.2) is 72.9 Å². The highest BCUT2D eigenvalue weighted by Gasteiger charge is 2.26. The Bertz CT molecular complexity index is 1420. The van der Waals surface area contributed by atoms with Gasteiger partial charge in [0.05, 0.1) is 13.2 Å². The highest BCUT2D eigenvalue weighted by atomic mass is 31.2. The topological polar surface area (TPSA) is 134 Å². The van der Waals surface area contributed by atoms with Crippen LogP contribution in [0.3, 0.4) is 0 Å². The summed E-state index contributed by atoms with van der Waals surface area (Å²) in [5, 5.41) is 0. The molecule has 0 aromatic rings. The van der Waals surface area contributed by atoms with Gasteiger partial charge in [-0.25, -0.2) is 4.57 Å². The fraction of sp³-hybridized carbons (Fsp3) is 0.778. The molecule has 0 heterocycles. The van der Waals surface area contributed by atoms with E-state index in [4.69, 9.17) is 24.3 Å². The van der Waals surface area contributed by atoms with Gasteiger partial charge in [-0.05, 0) is 89.9 Å². The second kappa shape index (κ2) is 58.7. The molecular weight excluding hydrogens is 930 g/mol. The van der Waals surface area contributed by atoms with Gasteiger partial charge in [-0.15, -0.1) is 0 Å². The van der Waals surface area contributed by atoms with E-state index in [1.807, 2.05) is 0 Å². The second-order valence-corrected chi connectivity index (χ2v) is 21.7. The van der Waals surface area contributed by atoms with Gasteiger partial charge >= 0.3 is 19.8 Å². The van der Waals surface area contributed by atoms with E-state index in [1.54, 1.807) is 0 Å². The van der Waals surface area contributed by atoms with Gasteiger partial charge in [-0.1, -0.05) is 254 Å². The van der Waals surface area contributed by atoms with Crippen molar-refractivity contribution in [3.63, 3.8) is 0 Å². The number of rotatable bonds is 57. The third-order valence-electron chi connectivity index (χ3n) is 13.1. The van der Waals surface area contributed by atoms with E-state index in [-0.39, 0.29) is 38.6 Å². The molecule has 0 aliphatic rings. The molecule has 0 aromatic carbocycles. The summed E-state index contributed by atoms with van der Waals surface area (Å²) in [6, 6.07) is 0. The lowest BCUT2D eigenvalue weighted by molar-refractivity contribution is -0.161. The fourth-order valence-corrected chi connectivity index (χ4v) is 9.30. The molecule has 0 bridgehead atoms. The van der Waals surface area contributed by atoms with Crippen molar-refractivity contribution in [2.45, 2.75) is 290 Å². The first kappa shape index (κ1) is 70.5. The molecule has 0 aliphatic heterocycles. The maximum absolute atomic E-state index is 12.7. The predicted molar refractivity (Wildman–Crippen MR) is 312 cm³/mol. The van der Waals surface area contributed by atoms with E-state index in [1.165, 1.54) is 186 Å². The minimum absolute atomic E-state index is 0.0503. The lowest BCUT2D eigenvalue weighted by atomic mass is 10.0. The first-order chi connectivity index (χ1) is 35.8. The number of ether oxygens (including phenoxy) is 2. The zero-order valence-electron chi connectivity index (χ0n) is 47.4. The van der Waals surface area contributed by atoms with Crippen LogP contribution in [0.2, 0.25) is 0 Å². The number of carbonyl (C=O) groups excluding carboxylic acids is 2. The highest BCUT2D eigenvalue weighted by molar-refractivity contribution is 7.47. The van der Waals surface area contributed by atoms with Crippen LogP contribution in [-0.2, 0) is 32.7 Å². The number of phosphoric ester groups is 1. The monoisotopic (exact) mass is 1040 g/mol. The van der Waals surface area contributed by atoms with Crippen LogP contribution in [0, 0.1) is 0 Å². The summed E-state index contributed by atoms with van der Waals surface area (Å²) in [4.78, 5) is 35.2. The van der Waals surface area contributed by atoms with Gasteiger partial charge in [-0.2, -0.15) is 0 Å². The van der Waals surface area contributed by atoms with Crippen LogP contribution in [0.5, 0.6) is 0 Å². The second-order valence-electron chi connectivity index (χ2n) is 20.2. The maximum atomic E-state index is 12.7. The van der Waals surface area contributed by atoms with Gasteiger partial charge < -0.3 is 20.1 Å².